The highest BCUT2D eigenvalue weighted by Gasteiger charge is 2.46. The van der Waals surface area contributed by atoms with E-state index in [4.69, 9.17) is 13.9 Å². The minimum absolute atomic E-state index is 0.0137. The van der Waals surface area contributed by atoms with Crippen LogP contribution in [-0.4, -0.2) is 41.5 Å². The number of nitrogens with zero attached hydrogens (tertiary/aromatic N) is 2. The van der Waals surface area contributed by atoms with E-state index in [1.165, 1.54) is 18.1 Å². The summed E-state index contributed by atoms with van der Waals surface area (Å²) in [6.45, 7) is 7.22. The van der Waals surface area contributed by atoms with Crippen LogP contribution in [0.1, 0.15) is 43.3 Å². The largest absolute Gasteiger partial charge is 0.503 e. The van der Waals surface area contributed by atoms with Crippen LogP contribution in [0.15, 0.2) is 64.8 Å². The number of ether oxygens (including phenoxy) is 2. The van der Waals surface area contributed by atoms with E-state index < -0.39 is 29.5 Å². The number of amides is 1. The molecule has 0 aliphatic carbocycles. The number of esters is 1. The maximum absolute atomic E-state index is 13.4. The Bertz CT molecular complexity index is 1350. The van der Waals surface area contributed by atoms with Gasteiger partial charge in [0.2, 0.25) is 5.78 Å². The first-order valence-electron chi connectivity index (χ1n) is 10.5. The van der Waals surface area contributed by atoms with Crippen LogP contribution in [-0.2, 0) is 9.53 Å². The van der Waals surface area contributed by atoms with Crippen molar-refractivity contribution < 1.29 is 33.4 Å². The number of rotatable bonds is 8. The number of anilines is 1. The molecule has 1 atom stereocenters. The van der Waals surface area contributed by atoms with Gasteiger partial charge in [-0.15, -0.1) is 0 Å². The van der Waals surface area contributed by atoms with E-state index >= 15 is 0 Å². The molecule has 1 aliphatic heterocycles. The number of benzene rings is 1. The second kappa shape index (κ2) is 9.59. The normalized spacial score (nSPS) is 15.5. The predicted octanol–water partition coefficient (Wildman–Crippen LogP) is 4.49. The second-order valence-corrected chi connectivity index (χ2v) is 8.63. The van der Waals surface area contributed by atoms with E-state index in [2.05, 4.69) is 11.6 Å². The maximum atomic E-state index is 13.4. The van der Waals surface area contributed by atoms with E-state index in [1.54, 1.807) is 50.3 Å². The molecule has 1 aliphatic rings. The molecule has 9 nitrogen and oxygen atoms in total. The van der Waals surface area contributed by atoms with Gasteiger partial charge in [0.15, 0.2) is 16.7 Å². The molecule has 35 heavy (non-hydrogen) atoms. The van der Waals surface area contributed by atoms with Gasteiger partial charge in [-0.1, -0.05) is 36.1 Å². The lowest BCUT2D eigenvalue weighted by Crippen LogP contribution is -2.31. The summed E-state index contributed by atoms with van der Waals surface area (Å²) < 4.78 is 15.8. The summed E-state index contributed by atoms with van der Waals surface area (Å²) in [5, 5.41) is 11.0. The first-order chi connectivity index (χ1) is 16.8. The summed E-state index contributed by atoms with van der Waals surface area (Å²) >= 11 is 0.933. The smallest absolute Gasteiger partial charge is 0.350 e. The molecule has 0 spiro atoms. The van der Waals surface area contributed by atoms with Crippen LogP contribution in [0.2, 0.25) is 0 Å². The van der Waals surface area contributed by atoms with E-state index in [-0.39, 0.29) is 21.3 Å². The minimum Gasteiger partial charge on any atom is -0.503 e. The molecule has 180 valence electrons. The first-order valence-corrected chi connectivity index (χ1v) is 11.4. The van der Waals surface area contributed by atoms with Crippen LogP contribution in [0.25, 0.3) is 0 Å². The minimum atomic E-state index is -1.02. The van der Waals surface area contributed by atoms with Crippen LogP contribution in [0.5, 0.6) is 5.75 Å². The average molecular weight is 495 g/mol. The molecule has 3 heterocycles. The lowest BCUT2D eigenvalue weighted by atomic mass is 9.95. The topological polar surface area (TPSA) is 119 Å². The third-order valence-electron chi connectivity index (χ3n) is 5.34. The molecule has 0 saturated carbocycles. The molecule has 1 aromatic carbocycles. The molecule has 2 aromatic heterocycles. The lowest BCUT2D eigenvalue weighted by Gasteiger charge is -2.24. The van der Waals surface area contributed by atoms with Crippen molar-refractivity contribution in [2.75, 3.05) is 18.6 Å². The van der Waals surface area contributed by atoms with E-state index in [1.807, 2.05) is 0 Å². The Morgan fingerprint density at radius 1 is 1.23 bits per heavy atom. The predicted molar refractivity (Wildman–Crippen MR) is 128 cm³/mol. The van der Waals surface area contributed by atoms with Crippen molar-refractivity contribution >= 4 is 34.1 Å². The number of carbonyl (C=O) groups excluding carboxylic acids is 3. The first kappa shape index (κ1) is 24.0. The highest BCUT2D eigenvalue weighted by atomic mass is 32.1. The fourth-order valence-electron chi connectivity index (χ4n) is 3.71. The molecule has 0 radical (unpaired) electrons. The lowest BCUT2D eigenvalue weighted by molar-refractivity contribution is -0.117. The summed E-state index contributed by atoms with van der Waals surface area (Å²) in [6, 6.07) is 8.81. The highest BCUT2D eigenvalue weighted by molar-refractivity contribution is 7.17. The molecule has 3 aromatic rings. The standard InChI is InChI=1S/C25H22N2O7S/c1-5-12-33-16-9-7-15(8-10-16)19-18(20(28)17-11-6-13(2)34-17)21(29)23(30)27(19)25-26-14(3)22(35-25)24(31)32-4/h5-11,19,29H,1,12H2,2-4H3. The van der Waals surface area contributed by atoms with Gasteiger partial charge < -0.3 is 19.0 Å². The second-order valence-electron chi connectivity index (χ2n) is 7.65. The fourth-order valence-corrected chi connectivity index (χ4v) is 4.72. The number of aryl methyl sites for hydroxylation is 2. The van der Waals surface area contributed by atoms with Gasteiger partial charge in [-0.05, 0) is 43.7 Å². The van der Waals surface area contributed by atoms with Gasteiger partial charge in [0, 0.05) is 0 Å². The number of aromatic nitrogens is 1. The van der Waals surface area contributed by atoms with E-state index in [9.17, 15) is 19.5 Å². The summed E-state index contributed by atoms with van der Waals surface area (Å²) in [5.74, 6) is -1.71. The summed E-state index contributed by atoms with van der Waals surface area (Å²) in [6.07, 6.45) is 1.61. The van der Waals surface area contributed by atoms with Gasteiger partial charge in [0.05, 0.1) is 24.4 Å². The molecule has 4 rings (SSSR count). The molecule has 10 heteroatoms. The van der Waals surface area contributed by atoms with Crippen molar-refractivity contribution in [2.45, 2.75) is 19.9 Å². The molecule has 1 amide bonds. The van der Waals surface area contributed by atoms with E-state index in [0.717, 1.165) is 11.3 Å². The van der Waals surface area contributed by atoms with Crippen LogP contribution in [0.4, 0.5) is 5.13 Å². The number of hydrogen-bond donors (Lipinski definition) is 1. The number of hydrogen-bond acceptors (Lipinski definition) is 9. The molecule has 1 N–H and O–H groups in total. The van der Waals surface area contributed by atoms with Gasteiger partial charge >= 0.3 is 5.97 Å². The third kappa shape index (κ3) is 4.35. The summed E-state index contributed by atoms with van der Waals surface area (Å²) in [4.78, 5) is 44.6. The Morgan fingerprint density at radius 3 is 2.54 bits per heavy atom. The molecule has 1 unspecified atom stereocenters. The van der Waals surface area contributed by atoms with Crippen molar-refractivity contribution in [3.05, 3.63) is 88.0 Å². The Morgan fingerprint density at radius 2 is 1.94 bits per heavy atom. The number of Topliss-reactive ketones (excluding diaryl/α,β-unsaturated/α-hetero) is 1. The molecule has 0 saturated heterocycles. The Balaban J connectivity index is 1.83. The SMILES string of the molecule is C=CCOc1ccc(C2C(C(=O)c3ccc(C)o3)=C(O)C(=O)N2c2nc(C)c(C(=O)OC)s2)cc1. The monoisotopic (exact) mass is 494 g/mol. The zero-order valence-electron chi connectivity index (χ0n) is 19.2. The molecular weight excluding hydrogens is 472 g/mol. The number of furan rings is 1. The van der Waals surface area contributed by atoms with Gasteiger partial charge in [0.25, 0.3) is 5.91 Å². The number of methoxy groups -OCH3 is 1. The van der Waals surface area contributed by atoms with Crippen LogP contribution >= 0.6 is 11.3 Å². The summed E-state index contributed by atoms with van der Waals surface area (Å²) in [7, 11) is 1.25. The number of ketones is 1. The Hall–Kier alpha value is -4.18. The maximum Gasteiger partial charge on any atom is 0.350 e. The van der Waals surface area contributed by atoms with Gasteiger partial charge in [-0.2, -0.15) is 0 Å². The van der Waals surface area contributed by atoms with Crippen LogP contribution < -0.4 is 9.64 Å². The van der Waals surface area contributed by atoms with Crippen LogP contribution in [0.3, 0.4) is 0 Å². The number of aliphatic hydroxyl groups excluding tert-OH is 1. The number of thiazole rings is 1. The van der Waals surface area contributed by atoms with Crippen molar-refractivity contribution in [3.63, 3.8) is 0 Å². The van der Waals surface area contributed by atoms with Crippen molar-refractivity contribution in [2.24, 2.45) is 0 Å². The van der Waals surface area contributed by atoms with Gasteiger partial charge in [-0.25, -0.2) is 9.78 Å². The van der Waals surface area contributed by atoms with Gasteiger partial charge in [0.1, 0.15) is 23.0 Å². The number of aliphatic hydroxyl groups is 1. The van der Waals surface area contributed by atoms with Crippen molar-refractivity contribution in [3.8, 4) is 5.75 Å². The molecular formula is C25H22N2O7S. The molecule has 0 bridgehead atoms. The van der Waals surface area contributed by atoms with Crippen LogP contribution in [0, 0.1) is 13.8 Å². The quantitative estimate of drug-likeness (QED) is 0.276. The van der Waals surface area contributed by atoms with Crippen molar-refractivity contribution in [1.82, 2.24) is 4.98 Å². The fraction of sp³-hybridized carbons (Fsp3) is 0.200. The third-order valence-corrected chi connectivity index (χ3v) is 6.48. The highest BCUT2D eigenvalue weighted by Crippen LogP contribution is 2.44. The zero-order valence-corrected chi connectivity index (χ0v) is 20.0. The summed E-state index contributed by atoms with van der Waals surface area (Å²) in [5.41, 5.74) is 0.724. The van der Waals surface area contributed by atoms with Gasteiger partial charge in [-0.3, -0.25) is 14.5 Å². The molecule has 0 fully saturated rings. The average Bonchev–Trinajstić information content (AvgIpc) is 3.53. The Labute approximate surface area is 204 Å². The Kier molecular flexibility index (Phi) is 6.57. The number of carbonyl (C=O) groups is 3. The zero-order chi connectivity index (χ0) is 25.3. The van der Waals surface area contributed by atoms with Crippen molar-refractivity contribution in [1.29, 1.82) is 0 Å². The van der Waals surface area contributed by atoms with E-state index in [0.29, 0.717) is 29.4 Å².